The molecule has 5 N–H and O–H groups in total. The molecule has 1 aliphatic rings. The van der Waals surface area contributed by atoms with Crippen molar-refractivity contribution >= 4 is 17.2 Å². The van der Waals surface area contributed by atoms with Crippen LogP contribution in [0.4, 0.5) is 24.7 Å². The normalized spacial score (nSPS) is 14.6. The number of nitroso groups, excluding NO2 is 1. The summed E-state index contributed by atoms with van der Waals surface area (Å²) in [7, 11) is 0. The maximum atomic E-state index is 12.3. The Labute approximate surface area is 187 Å². The lowest BCUT2D eigenvalue weighted by molar-refractivity contribution is -0.274. The van der Waals surface area contributed by atoms with Crippen LogP contribution in [-0.4, -0.2) is 47.0 Å². The standard InChI is InChI=1S/C18H19F3N4O3.C3H5NO/c19-18(20,21)28-12-3-1-11(2-4-12)25-17-15(16(22)10-7-23-8-10)13(5-6-24-17)14(27)9-26;1-2-3-4-5/h1-6,10,14,22-23,26-27H,7-9H2,(H,24,25);2-3H,1H3/b;3-2+. The molecule has 2 aromatic rings. The summed E-state index contributed by atoms with van der Waals surface area (Å²) in [5, 5.41) is 36.4. The van der Waals surface area contributed by atoms with E-state index in [0.29, 0.717) is 29.9 Å². The lowest BCUT2D eigenvalue weighted by Gasteiger charge is -2.30. The van der Waals surface area contributed by atoms with Crippen LogP contribution in [0.3, 0.4) is 0 Å². The predicted octanol–water partition coefficient (Wildman–Crippen LogP) is 3.62. The van der Waals surface area contributed by atoms with Gasteiger partial charge in [-0.15, -0.1) is 18.1 Å². The average molecular weight is 467 g/mol. The summed E-state index contributed by atoms with van der Waals surface area (Å²) in [5.41, 5.74) is 1.41. The lowest BCUT2D eigenvalue weighted by Crippen LogP contribution is -2.47. The van der Waals surface area contributed by atoms with E-state index in [1.165, 1.54) is 30.6 Å². The highest BCUT2D eigenvalue weighted by Crippen LogP contribution is 2.30. The molecular formula is C21H24F3N5O4. The third kappa shape index (κ3) is 7.63. The number of aliphatic hydroxyl groups is 2. The van der Waals surface area contributed by atoms with Crippen molar-refractivity contribution in [3.05, 3.63) is 64.8 Å². The first-order chi connectivity index (χ1) is 15.7. The zero-order chi connectivity index (χ0) is 24.4. The van der Waals surface area contributed by atoms with Gasteiger partial charge in [0, 0.05) is 42.2 Å². The number of hydrogen-bond donors (Lipinski definition) is 5. The average Bonchev–Trinajstić information content (AvgIpc) is 2.73. The molecule has 1 aromatic carbocycles. The highest BCUT2D eigenvalue weighted by atomic mass is 19.4. The van der Waals surface area contributed by atoms with Crippen molar-refractivity contribution in [2.45, 2.75) is 19.4 Å². The molecule has 12 heteroatoms. The number of nitrogens with one attached hydrogen (secondary N) is 3. The topological polar surface area (TPSA) is 140 Å². The molecule has 3 rings (SSSR count). The zero-order valence-corrected chi connectivity index (χ0v) is 17.6. The SMILES string of the molecule is C/C=C/N=O.N=C(c1c(C(O)CO)ccnc1Nc1ccc(OC(F)(F)F)cc1)C1CNC1. The first-order valence-electron chi connectivity index (χ1n) is 9.84. The van der Waals surface area contributed by atoms with E-state index in [-0.39, 0.29) is 23.2 Å². The van der Waals surface area contributed by atoms with Gasteiger partial charge in [0.15, 0.2) is 0 Å². The largest absolute Gasteiger partial charge is 0.573 e. The number of aliphatic hydroxyl groups excluding tert-OH is 2. The van der Waals surface area contributed by atoms with Crippen LogP contribution in [0.25, 0.3) is 0 Å². The van der Waals surface area contributed by atoms with Crippen molar-refractivity contribution in [1.29, 1.82) is 5.41 Å². The fourth-order valence-electron chi connectivity index (χ4n) is 2.87. The highest BCUT2D eigenvalue weighted by Gasteiger charge is 2.31. The van der Waals surface area contributed by atoms with Gasteiger partial charge < -0.3 is 31.0 Å². The van der Waals surface area contributed by atoms with E-state index in [9.17, 15) is 23.4 Å². The first-order valence-corrected chi connectivity index (χ1v) is 9.84. The lowest BCUT2D eigenvalue weighted by atomic mass is 9.88. The van der Waals surface area contributed by atoms with Gasteiger partial charge in [0.2, 0.25) is 0 Å². The maximum absolute atomic E-state index is 12.3. The van der Waals surface area contributed by atoms with Gasteiger partial charge >= 0.3 is 6.36 Å². The number of ether oxygens (including phenoxy) is 1. The predicted molar refractivity (Wildman–Crippen MR) is 116 cm³/mol. The summed E-state index contributed by atoms with van der Waals surface area (Å²) < 4.78 is 40.7. The second-order valence-corrected chi connectivity index (χ2v) is 6.88. The number of nitrogens with zero attached hydrogens (tertiary/aromatic N) is 2. The number of anilines is 2. The molecule has 1 unspecified atom stereocenters. The minimum Gasteiger partial charge on any atom is -0.406 e. The number of pyridine rings is 1. The quantitative estimate of drug-likeness (QED) is 0.295. The van der Waals surface area contributed by atoms with Gasteiger partial charge in [-0.25, -0.2) is 4.98 Å². The Kier molecular flexibility index (Phi) is 9.45. The Morgan fingerprint density at radius 2 is 2.03 bits per heavy atom. The summed E-state index contributed by atoms with van der Waals surface area (Å²) in [6.45, 7) is 2.45. The van der Waals surface area contributed by atoms with Gasteiger partial charge in [0.25, 0.3) is 0 Å². The second-order valence-electron chi connectivity index (χ2n) is 6.88. The molecule has 9 nitrogen and oxygen atoms in total. The van der Waals surface area contributed by atoms with E-state index < -0.39 is 19.1 Å². The van der Waals surface area contributed by atoms with Crippen molar-refractivity contribution in [1.82, 2.24) is 10.3 Å². The molecule has 0 amide bonds. The molecule has 0 aliphatic carbocycles. The molecule has 0 saturated carbocycles. The molecule has 1 fully saturated rings. The number of allylic oxidation sites excluding steroid dienone is 1. The molecule has 2 heterocycles. The molecule has 1 aromatic heterocycles. The number of rotatable bonds is 8. The Morgan fingerprint density at radius 1 is 1.36 bits per heavy atom. The van der Waals surface area contributed by atoms with Crippen molar-refractivity contribution in [2.75, 3.05) is 25.0 Å². The number of alkyl halides is 3. The molecule has 1 saturated heterocycles. The van der Waals surface area contributed by atoms with Gasteiger partial charge in [-0.1, -0.05) is 6.08 Å². The van der Waals surface area contributed by atoms with Crippen molar-refractivity contribution in [3.8, 4) is 5.75 Å². The molecule has 0 spiro atoms. The Morgan fingerprint density at radius 3 is 2.48 bits per heavy atom. The number of halogens is 3. The van der Waals surface area contributed by atoms with E-state index in [4.69, 9.17) is 10.3 Å². The number of benzene rings is 1. The second kappa shape index (κ2) is 12.0. The van der Waals surface area contributed by atoms with Gasteiger partial charge in [-0.2, -0.15) is 0 Å². The number of hydrogen-bond acceptors (Lipinski definition) is 9. The molecular weight excluding hydrogens is 443 g/mol. The summed E-state index contributed by atoms with van der Waals surface area (Å²) in [6.07, 6.45) is -1.76. The van der Waals surface area contributed by atoms with Gasteiger partial charge in [0.05, 0.1) is 12.8 Å². The summed E-state index contributed by atoms with van der Waals surface area (Å²) in [5.74, 6) is -0.146. The van der Waals surface area contributed by atoms with Gasteiger partial charge in [0.1, 0.15) is 17.7 Å². The fraction of sp³-hybridized carbons (Fsp3) is 0.333. The van der Waals surface area contributed by atoms with Crippen LogP contribution in [0.1, 0.15) is 24.2 Å². The summed E-state index contributed by atoms with van der Waals surface area (Å²) >= 11 is 0. The van der Waals surface area contributed by atoms with Crippen LogP contribution in [-0.2, 0) is 0 Å². The molecule has 1 aliphatic heterocycles. The van der Waals surface area contributed by atoms with Crippen LogP contribution in [0.5, 0.6) is 5.75 Å². The minimum absolute atomic E-state index is 0.0584. The zero-order valence-electron chi connectivity index (χ0n) is 17.6. The third-order valence-electron chi connectivity index (χ3n) is 4.53. The first kappa shape index (κ1) is 25.9. The summed E-state index contributed by atoms with van der Waals surface area (Å²) in [4.78, 5) is 13.3. The Balaban J connectivity index is 0.000000696. The van der Waals surface area contributed by atoms with Crippen LogP contribution in [0.2, 0.25) is 0 Å². The van der Waals surface area contributed by atoms with Crippen LogP contribution >= 0.6 is 0 Å². The van der Waals surface area contributed by atoms with E-state index in [2.05, 4.69) is 25.5 Å². The van der Waals surface area contributed by atoms with Crippen molar-refractivity contribution in [2.24, 2.45) is 11.1 Å². The smallest absolute Gasteiger partial charge is 0.406 e. The molecule has 0 radical (unpaired) electrons. The van der Waals surface area contributed by atoms with E-state index in [1.807, 2.05) is 0 Å². The fourth-order valence-corrected chi connectivity index (χ4v) is 2.87. The van der Waals surface area contributed by atoms with E-state index in [0.717, 1.165) is 12.1 Å². The van der Waals surface area contributed by atoms with Gasteiger partial charge in [-0.05, 0) is 48.0 Å². The maximum Gasteiger partial charge on any atom is 0.573 e. The highest BCUT2D eigenvalue weighted by molar-refractivity contribution is 6.06. The van der Waals surface area contributed by atoms with Crippen LogP contribution < -0.4 is 15.4 Å². The van der Waals surface area contributed by atoms with E-state index in [1.54, 1.807) is 13.0 Å². The molecule has 178 valence electrons. The van der Waals surface area contributed by atoms with Gasteiger partial charge in [-0.3, -0.25) is 0 Å². The van der Waals surface area contributed by atoms with Crippen molar-refractivity contribution < 1.29 is 28.1 Å². The van der Waals surface area contributed by atoms with E-state index >= 15 is 0 Å². The van der Waals surface area contributed by atoms with Crippen molar-refractivity contribution in [3.63, 3.8) is 0 Å². The summed E-state index contributed by atoms with van der Waals surface area (Å²) in [6, 6.07) is 6.61. The number of aromatic nitrogens is 1. The monoisotopic (exact) mass is 467 g/mol. The Hall–Kier alpha value is -3.35. The van der Waals surface area contributed by atoms with Crippen LogP contribution in [0, 0.1) is 16.2 Å². The minimum atomic E-state index is -4.77. The van der Waals surface area contributed by atoms with Crippen LogP contribution in [0.15, 0.2) is 54.0 Å². The molecule has 1 atom stereocenters. The third-order valence-corrected chi connectivity index (χ3v) is 4.53. The molecule has 33 heavy (non-hydrogen) atoms. The Bertz CT molecular complexity index is 963. The molecule has 0 bridgehead atoms.